The molecule has 0 unspecified atom stereocenters. The van der Waals surface area contributed by atoms with Crippen molar-refractivity contribution in [3.05, 3.63) is 120 Å². The van der Waals surface area contributed by atoms with Crippen molar-refractivity contribution in [2.75, 3.05) is 0 Å². The van der Waals surface area contributed by atoms with E-state index in [1.807, 2.05) is 13.0 Å². The molecule has 0 fully saturated rings. The zero-order chi connectivity index (χ0) is 20.5. The Morgan fingerprint density at radius 2 is 1.14 bits per heavy atom. The van der Waals surface area contributed by atoms with Crippen molar-refractivity contribution in [3.8, 4) is 0 Å². The number of pyridine rings is 1. The highest BCUT2D eigenvalue weighted by atomic mass is 35.5. The average molecular weight is 419 g/mol. The molecule has 4 aromatic rings. The number of hydrogen-bond donors (Lipinski definition) is 1. The molecule has 0 bridgehead atoms. The lowest BCUT2D eigenvalue weighted by Crippen LogP contribution is -2.20. The number of benzene rings is 3. The largest absolute Gasteiger partial charge is 0.324 e. The van der Waals surface area contributed by atoms with Gasteiger partial charge in [0.05, 0.1) is 0 Å². The van der Waals surface area contributed by atoms with Crippen LogP contribution in [0.15, 0.2) is 109 Å². The zero-order valence-electron chi connectivity index (χ0n) is 16.3. The molecule has 0 spiro atoms. The summed E-state index contributed by atoms with van der Waals surface area (Å²) in [4.78, 5) is 3.83. The second-order valence-corrected chi connectivity index (χ2v) is 9.15. The van der Waals surface area contributed by atoms with Gasteiger partial charge in [-0.05, 0) is 48.5 Å². The Bertz CT molecular complexity index is 899. The highest BCUT2D eigenvalue weighted by Crippen LogP contribution is 2.32. The molecular formula is C25H24ClN2P. The topological polar surface area (TPSA) is 38.9 Å². The van der Waals surface area contributed by atoms with Gasteiger partial charge in [0.2, 0.25) is 0 Å². The van der Waals surface area contributed by atoms with E-state index in [0.29, 0.717) is 5.15 Å². The molecule has 29 heavy (non-hydrogen) atoms. The second kappa shape index (κ2) is 10.9. The molecule has 1 heterocycles. The Kier molecular flexibility index (Phi) is 7.95. The molecule has 0 aliphatic rings. The van der Waals surface area contributed by atoms with Crippen molar-refractivity contribution >= 4 is 35.4 Å². The van der Waals surface area contributed by atoms with Gasteiger partial charge >= 0.3 is 0 Å². The maximum absolute atomic E-state index is 5.62. The van der Waals surface area contributed by atoms with Gasteiger partial charge in [-0.3, -0.25) is 0 Å². The van der Waals surface area contributed by atoms with Crippen LogP contribution in [0.3, 0.4) is 0 Å². The van der Waals surface area contributed by atoms with Gasteiger partial charge < -0.3 is 5.73 Å². The molecular weight excluding hydrogens is 395 g/mol. The summed E-state index contributed by atoms with van der Waals surface area (Å²) in [7, 11) is -0.446. The fraction of sp³-hybridized carbons (Fsp3) is 0.0800. The third-order valence-electron chi connectivity index (χ3n) is 4.32. The van der Waals surface area contributed by atoms with Crippen LogP contribution < -0.4 is 21.6 Å². The smallest absolute Gasteiger partial charge is 0.129 e. The first kappa shape index (κ1) is 21.2. The van der Waals surface area contributed by atoms with Gasteiger partial charge in [0.1, 0.15) is 5.15 Å². The summed E-state index contributed by atoms with van der Waals surface area (Å²) in [6, 6.07) is 36.0. The number of halogens is 1. The summed E-state index contributed by atoms with van der Waals surface area (Å²) < 4.78 is 0. The van der Waals surface area contributed by atoms with Crippen LogP contribution in [0.4, 0.5) is 0 Å². The summed E-state index contributed by atoms with van der Waals surface area (Å²) >= 11 is 5.62. The van der Waals surface area contributed by atoms with Crippen molar-refractivity contribution in [2.24, 2.45) is 5.73 Å². The minimum Gasteiger partial charge on any atom is -0.324 e. The summed E-state index contributed by atoms with van der Waals surface area (Å²) in [6.07, 6.45) is 1.65. The van der Waals surface area contributed by atoms with Crippen LogP contribution in [0.2, 0.25) is 5.15 Å². The summed E-state index contributed by atoms with van der Waals surface area (Å²) in [6.45, 7) is 1.91. The van der Waals surface area contributed by atoms with Gasteiger partial charge in [0.25, 0.3) is 0 Å². The maximum Gasteiger partial charge on any atom is 0.129 e. The molecule has 0 amide bonds. The van der Waals surface area contributed by atoms with Crippen molar-refractivity contribution in [1.29, 1.82) is 0 Å². The van der Waals surface area contributed by atoms with E-state index in [4.69, 9.17) is 17.3 Å². The zero-order valence-corrected chi connectivity index (χ0v) is 18.0. The fourth-order valence-electron chi connectivity index (χ4n) is 2.88. The Balaban J connectivity index is 0.000000204. The average Bonchev–Trinajstić information content (AvgIpc) is 2.77. The highest BCUT2D eigenvalue weighted by molar-refractivity contribution is 7.79. The Hall–Kier alpha value is -2.51. The van der Waals surface area contributed by atoms with E-state index in [2.05, 4.69) is 96.0 Å². The van der Waals surface area contributed by atoms with Crippen molar-refractivity contribution in [1.82, 2.24) is 4.98 Å². The molecule has 4 heteroatoms. The number of rotatable bonds is 4. The summed E-state index contributed by atoms with van der Waals surface area (Å²) in [5.74, 6) is 0. The van der Waals surface area contributed by atoms with E-state index in [0.717, 1.165) is 5.56 Å². The van der Waals surface area contributed by atoms with Crippen molar-refractivity contribution in [2.45, 2.75) is 13.0 Å². The standard InChI is InChI=1S/C18H15P.C7H9ClN2/c1-4-10-16(11-5-1)19(17-12-6-2-7-13-17)18-14-8-3-9-15-18;1-5(9)6-2-3-10-7(8)4-6/h1-15H;2-5H,9H2,1H3/t;5-/m.0/s1. The molecule has 4 rings (SSSR count). The van der Waals surface area contributed by atoms with Gasteiger partial charge in [-0.1, -0.05) is 103 Å². The lowest BCUT2D eigenvalue weighted by Gasteiger charge is -2.18. The van der Waals surface area contributed by atoms with Crippen LogP contribution in [-0.4, -0.2) is 4.98 Å². The summed E-state index contributed by atoms with van der Waals surface area (Å²) in [5, 5.41) is 4.69. The summed E-state index contributed by atoms with van der Waals surface area (Å²) in [5.41, 5.74) is 6.61. The maximum atomic E-state index is 5.62. The van der Waals surface area contributed by atoms with Crippen LogP contribution in [0.5, 0.6) is 0 Å². The number of nitrogens with zero attached hydrogens (tertiary/aromatic N) is 1. The predicted molar refractivity (Wildman–Crippen MR) is 127 cm³/mol. The molecule has 2 N–H and O–H groups in total. The number of aromatic nitrogens is 1. The van der Waals surface area contributed by atoms with Crippen LogP contribution in [0.25, 0.3) is 0 Å². The lowest BCUT2D eigenvalue weighted by molar-refractivity contribution is 0.815. The van der Waals surface area contributed by atoms with Gasteiger partial charge in [0, 0.05) is 12.2 Å². The van der Waals surface area contributed by atoms with E-state index in [1.54, 1.807) is 12.3 Å². The first-order valence-electron chi connectivity index (χ1n) is 9.47. The van der Waals surface area contributed by atoms with Crippen molar-refractivity contribution in [3.63, 3.8) is 0 Å². The van der Waals surface area contributed by atoms with E-state index in [1.165, 1.54) is 15.9 Å². The predicted octanol–water partition coefficient (Wildman–Crippen LogP) is 5.20. The van der Waals surface area contributed by atoms with E-state index < -0.39 is 7.92 Å². The Morgan fingerprint density at radius 1 is 0.724 bits per heavy atom. The quantitative estimate of drug-likeness (QED) is 0.365. The molecule has 0 saturated heterocycles. The van der Waals surface area contributed by atoms with Gasteiger partial charge in [-0.25, -0.2) is 4.98 Å². The first-order chi connectivity index (χ1) is 14.1. The van der Waals surface area contributed by atoms with Crippen molar-refractivity contribution < 1.29 is 0 Å². The molecule has 3 aromatic carbocycles. The molecule has 0 saturated carbocycles. The van der Waals surface area contributed by atoms with E-state index in [9.17, 15) is 0 Å². The second-order valence-electron chi connectivity index (χ2n) is 6.54. The molecule has 0 radical (unpaired) electrons. The molecule has 0 aliphatic carbocycles. The first-order valence-corrected chi connectivity index (χ1v) is 11.2. The van der Waals surface area contributed by atoms with Gasteiger partial charge in [0.15, 0.2) is 0 Å². The van der Waals surface area contributed by atoms with Crippen LogP contribution in [0.1, 0.15) is 18.5 Å². The molecule has 0 aliphatic heterocycles. The third-order valence-corrected chi connectivity index (χ3v) is 6.97. The number of hydrogen-bond acceptors (Lipinski definition) is 2. The number of nitrogens with two attached hydrogens (primary N) is 1. The lowest BCUT2D eigenvalue weighted by atomic mass is 10.1. The van der Waals surface area contributed by atoms with E-state index >= 15 is 0 Å². The molecule has 2 nitrogen and oxygen atoms in total. The minimum absolute atomic E-state index is 0.0282. The van der Waals surface area contributed by atoms with Crippen LogP contribution >= 0.6 is 19.5 Å². The SMILES string of the molecule is C[C@H](N)c1ccnc(Cl)c1.c1ccc(P(c2ccccc2)c2ccccc2)cc1. The Morgan fingerprint density at radius 3 is 1.45 bits per heavy atom. The minimum atomic E-state index is -0.446. The normalized spacial score (nSPS) is 11.4. The van der Waals surface area contributed by atoms with Crippen LogP contribution in [0, 0.1) is 0 Å². The van der Waals surface area contributed by atoms with E-state index in [-0.39, 0.29) is 6.04 Å². The molecule has 1 aromatic heterocycles. The van der Waals surface area contributed by atoms with Gasteiger partial charge in [-0.2, -0.15) is 0 Å². The van der Waals surface area contributed by atoms with Gasteiger partial charge in [-0.15, -0.1) is 0 Å². The molecule has 146 valence electrons. The van der Waals surface area contributed by atoms with Crippen LogP contribution in [-0.2, 0) is 0 Å². The highest BCUT2D eigenvalue weighted by Gasteiger charge is 2.14. The fourth-order valence-corrected chi connectivity index (χ4v) is 5.37. The Labute approximate surface area is 179 Å². The molecule has 1 atom stereocenters. The third kappa shape index (κ3) is 6.24. The monoisotopic (exact) mass is 418 g/mol.